The summed E-state index contributed by atoms with van der Waals surface area (Å²) in [7, 11) is 0.973. The van der Waals surface area contributed by atoms with Crippen molar-refractivity contribution in [3.63, 3.8) is 0 Å². The molecule has 6 rings (SSSR count). The first-order chi connectivity index (χ1) is 27.0. The van der Waals surface area contributed by atoms with E-state index >= 15 is 0 Å². The highest BCUT2D eigenvalue weighted by atomic mass is 79.9. The predicted octanol–water partition coefficient (Wildman–Crippen LogP) is 10.1. The lowest BCUT2D eigenvalue weighted by Gasteiger charge is -2.32. The lowest BCUT2D eigenvalue weighted by Crippen LogP contribution is -2.41. The van der Waals surface area contributed by atoms with Crippen molar-refractivity contribution < 1.29 is 46.3 Å². The number of aryl methyl sites for hydroxylation is 1. The van der Waals surface area contributed by atoms with Gasteiger partial charge in [0, 0.05) is 27.9 Å². The summed E-state index contributed by atoms with van der Waals surface area (Å²) >= 11 is 12.1. The number of ether oxygens (including phenoxy) is 1. The van der Waals surface area contributed by atoms with Crippen molar-refractivity contribution in [3.05, 3.63) is 122 Å². The zero-order chi connectivity index (χ0) is 43.6. The summed E-state index contributed by atoms with van der Waals surface area (Å²) in [6, 6.07) is 20.7. The van der Waals surface area contributed by atoms with Crippen LogP contribution in [0.2, 0.25) is 5.02 Å². The number of carboxylic acid groups (broad SMARTS) is 1. The first-order valence-electron chi connectivity index (χ1n) is 17.9. The number of aromatic carboxylic acids is 1. The molecule has 0 spiro atoms. The summed E-state index contributed by atoms with van der Waals surface area (Å²) in [5, 5.41) is 10.0. The van der Waals surface area contributed by atoms with Gasteiger partial charge in [0.1, 0.15) is 11.3 Å². The van der Waals surface area contributed by atoms with Gasteiger partial charge in [-0.2, -0.15) is 13.2 Å². The molecule has 5 aromatic rings. The molecular weight excluding hydrogens is 910 g/mol. The fraction of sp³-hybridized carbons (Fsp3) is 0.366. The molecule has 0 atom stereocenters. The lowest BCUT2D eigenvalue weighted by atomic mass is 9.75. The van der Waals surface area contributed by atoms with Crippen molar-refractivity contribution in [1.82, 2.24) is 9.97 Å². The lowest BCUT2D eigenvalue weighted by molar-refractivity contribution is -0.153. The second-order valence-corrected chi connectivity index (χ2v) is 16.2. The SMILES string of the molecule is CCc1cc(C(=O)O)c2ncccc2n1.COC(=O)C(C)(C)c1cccc(B2OC(C)(C)C(C)(C)O2)c1.FC(F)(F)c1ccc(CBr)o1.NCc1ccc(Br)cc1Cl. The average Bonchev–Trinajstić information content (AvgIpc) is 3.76. The van der Waals surface area contributed by atoms with Gasteiger partial charge >= 0.3 is 25.2 Å². The number of fused-ring (bicyclic) bond motifs is 1. The van der Waals surface area contributed by atoms with Crippen molar-refractivity contribution in [2.75, 3.05) is 7.11 Å². The van der Waals surface area contributed by atoms with Gasteiger partial charge < -0.3 is 29.3 Å². The standard InChI is InChI=1S/C17H25BO4.C11H10N2O2.C7H7BrClN.C6H4BrF3O/c1-15(2,14(19)20-7)12-9-8-10-13(11-12)18-21-16(3,4)17(5,6)22-18;1-2-7-6-8(11(14)15)10-9(13-7)4-3-5-12-10;8-6-2-1-5(4-10)7(9)3-6;7-3-4-1-2-5(11-4)6(8,9)10/h8-11H,1-7H3;3-6H,2H2,1H3,(H,14,15);1-3H,4,10H2;1-2H,3H2. The van der Waals surface area contributed by atoms with Crippen LogP contribution in [0.5, 0.6) is 0 Å². The molecule has 0 amide bonds. The molecule has 58 heavy (non-hydrogen) atoms. The summed E-state index contributed by atoms with van der Waals surface area (Å²) in [4.78, 5) is 31.3. The van der Waals surface area contributed by atoms with Gasteiger partial charge in [-0.1, -0.05) is 80.7 Å². The fourth-order valence-electron chi connectivity index (χ4n) is 5.18. The molecule has 0 bridgehead atoms. The van der Waals surface area contributed by atoms with E-state index in [9.17, 15) is 22.8 Å². The van der Waals surface area contributed by atoms with Crippen LogP contribution in [0.3, 0.4) is 0 Å². The minimum Gasteiger partial charge on any atom is -0.478 e. The highest BCUT2D eigenvalue weighted by Gasteiger charge is 2.52. The molecule has 1 saturated heterocycles. The zero-order valence-electron chi connectivity index (χ0n) is 33.3. The van der Waals surface area contributed by atoms with E-state index < -0.39 is 30.4 Å². The van der Waals surface area contributed by atoms with Gasteiger partial charge in [0.25, 0.3) is 0 Å². The largest absolute Gasteiger partial charge is 0.494 e. The van der Waals surface area contributed by atoms with Crippen LogP contribution in [0.25, 0.3) is 11.0 Å². The molecule has 4 heterocycles. The third-order valence-corrected chi connectivity index (χ3v) is 10.7. The number of furan rings is 1. The number of benzene rings is 2. The maximum atomic E-state index is 12.0. The van der Waals surface area contributed by atoms with Crippen molar-refractivity contribution in [3.8, 4) is 0 Å². The fourth-order valence-corrected chi connectivity index (χ4v) is 6.23. The first-order valence-corrected chi connectivity index (χ1v) is 20.2. The third kappa shape index (κ3) is 12.6. The summed E-state index contributed by atoms with van der Waals surface area (Å²) in [6.07, 6.45) is -2.09. The van der Waals surface area contributed by atoms with Crippen LogP contribution < -0.4 is 11.2 Å². The number of aromatic nitrogens is 2. The van der Waals surface area contributed by atoms with Crippen LogP contribution in [0, 0.1) is 0 Å². The van der Waals surface area contributed by atoms with Gasteiger partial charge in [0.15, 0.2) is 0 Å². The molecule has 1 aliphatic rings. The number of hydrogen-bond acceptors (Lipinski definition) is 9. The van der Waals surface area contributed by atoms with E-state index in [0.717, 1.165) is 37.8 Å². The summed E-state index contributed by atoms with van der Waals surface area (Å²) in [5.41, 5.74) is 8.76. The summed E-state index contributed by atoms with van der Waals surface area (Å²) in [6.45, 7) is 14.2. The van der Waals surface area contributed by atoms with Gasteiger partial charge in [-0.25, -0.2) is 4.79 Å². The van der Waals surface area contributed by atoms with Gasteiger partial charge in [0.05, 0.1) is 40.1 Å². The molecule has 0 saturated carbocycles. The third-order valence-electron chi connectivity index (χ3n) is 9.35. The predicted molar refractivity (Wildman–Crippen MR) is 226 cm³/mol. The first kappa shape index (κ1) is 48.6. The molecular formula is C41H46BBr2ClF3N3O7. The van der Waals surface area contributed by atoms with Crippen LogP contribution in [0.4, 0.5) is 13.2 Å². The van der Waals surface area contributed by atoms with Crippen LogP contribution in [-0.4, -0.2) is 52.4 Å². The van der Waals surface area contributed by atoms with E-state index in [1.165, 1.54) is 13.2 Å². The Labute approximate surface area is 358 Å². The Morgan fingerprint density at radius 1 is 0.983 bits per heavy atom. The van der Waals surface area contributed by atoms with Gasteiger partial charge in [-0.05, 0) is 107 Å². The molecule has 1 fully saturated rings. The van der Waals surface area contributed by atoms with Crippen LogP contribution in [-0.2, 0) is 48.7 Å². The van der Waals surface area contributed by atoms with E-state index in [-0.39, 0.29) is 28.5 Å². The number of methoxy groups -OCH3 is 1. The van der Waals surface area contributed by atoms with Crippen LogP contribution >= 0.6 is 43.5 Å². The molecule has 1 aliphatic heterocycles. The Kier molecular flexibility index (Phi) is 17.1. The molecule has 312 valence electrons. The minimum atomic E-state index is -4.37. The van der Waals surface area contributed by atoms with Crippen molar-refractivity contribution >= 4 is 79.0 Å². The molecule has 0 radical (unpaired) electrons. The summed E-state index contributed by atoms with van der Waals surface area (Å²) < 4.78 is 57.9. The number of esters is 1. The monoisotopic (exact) mass is 953 g/mol. The molecule has 17 heteroatoms. The quantitative estimate of drug-likeness (QED) is 0.0918. The number of halogens is 6. The Morgan fingerprint density at radius 2 is 1.64 bits per heavy atom. The zero-order valence-corrected chi connectivity index (χ0v) is 37.3. The minimum absolute atomic E-state index is 0.220. The molecule has 2 aromatic carbocycles. The van der Waals surface area contributed by atoms with Gasteiger partial charge in [-0.15, -0.1) is 0 Å². The number of pyridine rings is 2. The molecule has 10 nitrogen and oxygen atoms in total. The van der Waals surface area contributed by atoms with Crippen molar-refractivity contribution in [2.24, 2.45) is 5.73 Å². The van der Waals surface area contributed by atoms with Crippen molar-refractivity contribution in [2.45, 2.75) is 89.6 Å². The number of nitrogens with two attached hydrogens (primary N) is 1. The van der Waals surface area contributed by atoms with E-state index in [1.54, 1.807) is 24.4 Å². The Bertz CT molecular complexity index is 2170. The van der Waals surface area contributed by atoms with E-state index in [2.05, 4.69) is 46.2 Å². The Hall–Kier alpha value is -3.80. The second-order valence-electron chi connectivity index (χ2n) is 14.4. The smallest absolute Gasteiger partial charge is 0.478 e. The number of carbonyl (C=O) groups excluding carboxylic acids is 1. The topological polar surface area (TPSA) is 147 Å². The average molecular weight is 956 g/mol. The molecule has 3 aromatic heterocycles. The molecule has 0 aliphatic carbocycles. The number of carbonyl (C=O) groups is 2. The highest BCUT2D eigenvalue weighted by Crippen LogP contribution is 2.37. The van der Waals surface area contributed by atoms with E-state index in [4.69, 9.17) is 36.5 Å². The number of hydrogen-bond donors (Lipinski definition) is 2. The van der Waals surface area contributed by atoms with Crippen LogP contribution in [0.1, 0.15) is 87.2 Å². The van der Waals surface area contributed by atoms with Crippen LogP contribution in [0.15, 0.2) is 87.9 Å². The van der Waals surface area contributed by atoms with Crippen molar-refractivity contribution in [1.29, 1.82) is 0 Å². The molecule has 0 unspecified atom stereocenters. The number of nitrogens with zero attached hydrogens (tertiary/aromatic N) is 2. The molecule has 3 N–H and O–H groups in total. The second kappa shape index (κ2) is 20.5. The number of alkyl halides is 4. The number of carboxylic acids is 1. The number of rotatable bonds is 7. The normalized spacial score (nSPS) is 14.3. The van der Waals surface area contributed by atoms with E-state index in [0.29, 0.717) is 29.3 Å². The highest BCUT2D eigenvalue weighted by molar-refractivity contribution is 9.10. The van der Waals surface area contributed by atoms with Gasteiger partial charge in [0.2, 0.25) is 5.76 Å². The summed E-state index contributed by atoms with van der Waals surface area (Å²) in [5.74, 6) is -1.90. The Morgan fingerprint density at radius 3 is 2.14 bits per heavy atom. The van der Waals surface area contributed by atoms with E-state index in [1.807, 2.05) is 90.9 Å². The maximum Gasteiger partial charge on any atom is 0.494 e. The Balaban J connectivity index is 0.000000218. The van der Waals surface area contributed by atoms with Gasteiger partial charge in [-0.3, -0.25) is 14.8 Å². The maximum absolute atomic E-state index is 12.0.